The second kappa shape index (κ2) is 6.80. The fourth-order valence-corrected chi connectivity index (χ4v) is 1.85. The van der Waals surface area contributed by atoms with E-state index in [-0.39, 0.29) is 22.5 Å². The van der Waals surface area contributed by atoms with Gasteiger partial charge in [-0.15, -0.1) is 0 Å². The SMILES string of the molecule is CNC(=O)CCN(C)Cc1c(F)ccc(Br)c1F. The van der Waals surface area contributed by atoms with E-state index in [1.54, 1.807) is 19.0 Å². The molecule has 0 aliphatic rings. The van der Waals surface area contributed by atoms with Crippen LogP contribution >= 0.6 is 15.9 Å². The lowest BCUT2D eigenvalue weighted by Gasteiger charge is -2.17. The van der Waals surface area contributed by atoms with Gasteiger partial charge in [-0.05, 0) is 35.1 Å². The van der Waals surface area contributed by atoms with Crippen LogP contribution in [0.2, 0.25) is 0 Å². The van der Waals surface area contributed by atoms with Gasteiger partial charge in [0.1, 0.15) is 11.6 Å². The Morgan fingerprint density at radius 3 is 2.72 bits per heavy atom. The summed E-state index contributed by atoms with van der Waals surface area (Å²) in [7, 11) is 3.26. The lowest BCUT2D eigenvalue weighted by Crippen LogP contribution is -2.26. The highest BCUT2D eigenvalue weighted by atomic mass is 79.9. The summed E-state index contributed by atoms with van der Waals surface area (Å²) in [6, 6.07) is 2.55. The first-order chi connectivity index (χ1) is 8.45. The van der Waals surface area contributed by atoms with Crippen molar-refractivity contribution in [1.29, 1.82) is 0 Å². The van der Waals surface area contributed by atoms with Crippen molar-refractivity contribution >= 4 is 21.8 Å². The second-order valence-corrected chi connectivity index (χ2v) is 4.84. The molecule has 0 unspecified atom stereocenters. The fraction of sp³-hybridized carbons (Fsp3) is 0.417. The van der Waals surface area contributed by atoms with Gasteiger partial charge in [0.2, 0.25) is 5.91 Å². The van der Waals surface area contributed by atoms with Crippen LogP contribution in [0.3, 0.4) is 0 Å². The Hall–Kier alpha value is -1.01. The van der Waals surface area contributed by atoms with Gasteiger partial charge in [-0.3, -0.25) is 4.79 Å². The average Bonchev–Trinajstić information content (AvgIpc) is 2.36. The van der Waals surface area contributed by atoms with E-state index in [0.717, 1.165) is 0 Å². The van der Waals surface area contributed by atoms with Gasteiger partial charge < -0.3 is 10.2 Å². The number of rotatable bonds is 5. The monoisotopic (exact) mass is 320 g/mol. The molecule has 0 heterocycles. The van der Waals surface area contributed by atoms with Crippen molar-refractivity contribution in [2.75, 3.05) is 20.6 Å². The summed E-state index contributed by atoms with van der Waals surface area (Å²) in [5.74, 6) is -1.28. The van der Waals surface area contributed by atoms with Crippen LogP contribution in [0.4, 0.5) is 8.78 Å². The van der Waals surface area contributed by atoms with E-state index < -0.39 is 11.6 Å². The molecular formula is C12H15BrF2N2O. The van der Waals surface area contributed by atoms with E-state index in [4.69, 9.17) is 0 Å². The highest BCUT2D eigenvalue weighted by Crippen LogP contribution is 2.22. The summed E-state index contributed by atoms with van der Waals surface area (Å²) < 4.78 is 27.4. The molecule has 0 aliphatic carbocycles. The van der Waals surface area contributed by atoms with Gasteiger partial charge in [0, 0.05) is 32.1 Å². The number of hydrogen-bond donors (Lipinski definition) is 1. The molecule has 100 valence electrons. The first-order valence-electron chi connectivity index (χ1n) is 5.47. The number of benzene rings is 1. The molecule has 3 nitrogen and oxygen atoms in total. The average molecular weight is 321 g/mol. The Morgan fingerprint density at radius 2 is 2.11 bits per heavy atom. The Kier molecular flexibility index (Phi) is 5.68. The third kappa shape index (κ3) is 4.03. The Morgan fingerprint density at radius 1 is 1.44 bits per heavy atom. The van der Waals surface area contributed by atoms with Gasteiger partial charge in [-0.2, -0.15) is 0 Å². The summed E-state index contributed by atoms with van der Waals surface area (Å²) in [6.45, 7) is 0.555. The van der Waals surface area contributed by atoms with Crippen molar-refractivity contribution in [3.63, 3.8) is 0 Å². The van der Waals surface area contributed by atoms with Crippen molar-refractivity contribution in [2.24, 2.45) is 0 Å². The minimum Gasteiger partial charge on any atom is -0.359 e. The van der Waals surface area contributed by atoms with E-state index in [0.29, 0.717) is 13.0 Å². The predicted molar refractivity (Wildman–Crippen MR) is 69.1 cm³/mol. The predicted octanol–water partition coefficient (Wildman–Crippen LogP) is 2.30. The number of carbonyl (C=O) groups excluding carboxylic acids is 1. The molecule has 0 aromatic heterocycles. The molecule has 1 aromatic rings. The Balaban J connectivity index is 2.67. The summed E-state index contributed by atoms with van der Waals surface area (Å²) in [5, 5.41) is 2.49. The van der Waals surface area contributed by atoms with Crippen molar-refractivity contribution < 1.29 is 13.6 Å². The Bertz CT molecular complexity index is 440. The number of amides is 1. The third-order valence-electron chi connectivity index (χ3n) is 2.57. The largest absolute Gasteiger partial charge is 0.359 e. The molecule has 0 fully saturated rings. The van der Waals surface area contributed by atoms with E-state index >= 15 is 0 Å². The number of hydrogen-bond acceptors (Lipinski definition) is 2. The summed E-state index contributed by atoms with van der Waals surface area (Å²) in [4.78, 5) is 12.8. The second-order valence-electron chi connectivity index (χ2n) is 3.98. The van der Waals surface area contributed by atoms with Crippen LogP contribution in [0.15, 0.2) is 16.6 Å². The quantitative estimate of drug-likeness (QED) is 0.844. The Labute approximate surface area is 113 Å². The lowest BCUT2D eigenvalue weighted by molar-refractivity contribution is -0.120. The summed E-state index contributed by atoms with van der Waals surface area (Å²) in [6.07, 6.45) is 0.296. The van der Waals surface area contributed by atoms with Gasteiger partial charge in [0.15, 0.2) is 0 Å². The molecule has 18 heavy (non-hydrogen) atoms. The number of nitrogens with one attached hydrogen (secondary N) is 1. The van der Waals surface area contributed by atoms with E-state index in [1.807, 2.05) is 0 Å². The minimum absolute atomic E-state index is 0.00350. The number of nitrogens with zero attached hydrogens (tertiary/aromatic N) is 1. The van der Waals surface area contributed by atoms with E-state index in [2.05, 4.69) is 21.2 Å². The maximum Gasteiger partial charge on any atom is 0.221 e. The first kappa shape index (κ1) is 15.0. The zero-order valence-corrected chi connectivity index (χ0v) is 11.9. The molecule has 6 heteroatoms. The molecule has 1 N–H and O–H groups in total. The minimum atomic E-state index is -0.596. The van der Waals surface area contributed by atoms with Crippen molar-refractivity contribution in [3.05, 3.63) is 33.8 Å². The van der Waals surface area contributed by atoms with Crippen LogP contribution in [0.5, 0.6) is 0 Å². The van der Waals surface area contributed by atoms with Gasteiger partial charge in [-0.25, -0.2) is 8.78 Å². The topological polar surface area (TPSA) is 32.3 Å². The van der Waals surface area contributed by atoms with Crippen LogP contribution in [0.1, 0.15) is 12.0 Å². The normalized spacial score (nSPS) is 10.8. The van der Waals surface area contributed by atoms with Gasteiger partial charge in [0.05, 0.1) is 4.47 Å². The number of carbonyl (C=O) groups is 1. The van der Waals surface area contributed by atoms with Gasteiger partial charge in [-0.1, -0.05) is 0 Å². The van der Waals surface area contributed by atoms with Crippen LogP contribution < -0.4 is 5.32 Å². The summed E-state index contributed by atoms with van der Waals surface area (Å²) >= 11 is 3.02. The highest BCUT2D eigenvalue weighted by molar-refractivity contribution is 9.10. The van der Waals surface area contributed by atoms with Gasteiger partial charge >= 0.3 is 0 Å². The fourth-order valence-electron chi connectivity index (χ4n) is 1.48. The molecule has 0 atom stereocenters. The molecule has 0 spiro atoms. The van der Waals surface area contributed by atoms with Crippen molar-refractivity contribution in [2.45, 2.75) is 13.0 Å². The molecule has 0 aliphatic heterocycles. The molecule has 0 saturated carbocycles. The van der Waals surface area contributed by atoms with Crippen LogP contribution in [0, 0.1) is 11.6 Å². The van der Waals surface area contributed by atoms with Crippen LogP contribution in [-0.2, 0) is 11.3 Å². The zero-order chi connectivity index (χ0) is 13.7. The molecule has 1 aromatic carbocycles. The lowest BCUT2D eigenvalue weighted by atomic mass is 10.2. The highest BCUT2D eigenvalue weighted by Gasteiger charge is 2.14. The molecule has 0 radical (unpaired) electrons. The smallest absolute Gasteiger partial charge is 0.221 e. The molecule has 0 saturated heterocycles. The van der Waals surface area contributed by atoms with Crippen LogP contribution in [0.25, 0.3) is 0 Å². The van der Waals surface area contributed by atoms with Gasteiger partial charge in [0.25, 0.3) is 0 Å². The maximum absolute atomic E-state index is 13.7. The molecule has 1 amide bonds. The van der Waals surface area contributed by atoms with E-state index in [1.165, 1.54) is 12.1 Å². The molecule has 0 bridgehead atoms. The molecule has 1 rings (SSSR count). The van der Waals surface area contributed by atoms with E-state index in [9.17, 15) is 13.6 Å². The maximum atomic E-state index is 13.7. The van der Waals surface area contributed by atoms with Crippen molar-refractivity contribution in [3.8, 4) is 0 Å². The first-order valence-corrected chi connectivity index (χ1v) is 6.26. The standard InChI is InChI=1S/C12H15BrF2N2O/c1-16-11(18)5-6-17(2)7-8-10(14)4-3-9(13)12(8)15/h3-4H,5-7H2,1-2H3,(H,16,18). The third-order valence-corrected chi connectivity index (χ3v) is 3.18. The molecular weight excluding hydrogens is 306 g/mol. The number of halogens is 3. The van der Waals surface area contributed by atoms with Crippen LogP contribution in [-0.4, -0.2) is 31.4 Å². The summed E-state index contributed by atoms with van der Waals surface area (Å²) in [5.41, 5.74) is 0.00350. The van der Waals surface area contributed by atoms with Crippen molar-refractivity contribution in [1.82, 2.24) is 10.2 Å². The zero-order valence-electron chi connectivity index (χ0n) is 10.3.